The van der Waals surface area contributed by atoms with Crippen LogP contribution in [0.3, 0.4) is 0 Å². The average Bonchev–Trinajstić information content (AvgIpc) is 3.43. The summed E-state index contributed by atoms with van der Waals surface area (Å²) in [6.45, 7) is 6.24. The first kappa shape index (κ1) is 30.4. The first-order valence-electron chi connectivity index (χ1n) is 14.4. The van der Waals surface area contributed by atoms with Crippen LogP contribution in [0.1, 0.15) is 40.8 Å². The number of hydrogen-bond acceptors (Lipinski definition) is 6. The third-order valence-electron chi connectivity index (χ3n) is 7.54. The van der Waals surface area contributed by atoms with Gasteiger partial charge < -0.3 is 15.4 Å². The van der Waals surface area contributed by atoms with Gasteiger partial charge in [0, 0.05) is 22.2 Å². The van der Waals surface area contributed by atoms with Gasteiger partial charge >= 0.3 is 0 Å². The standard InChI is InChI=1S/C35H31ClFN5O2S/c1-21-8-17-30(22(2)18-21)39-33(43)31-23(3)38-34-40-35(45-20-26-6-4-5-7-29(26)37)41-42(34)32(31)25-11-15-28(16-12-25)44-19-24-9-13-27(36)14-10-24/h4-18,32H,19-20H2,1-3H3,(H,39,43)(H,38,40,41). The van der Waals surface area contributed by atoms with Gasteiger partial charge in [0.15, 0.2) is 0 Å². The topological polar surface area (TPSA) is 81.1 Å². The van der Waals surface area contributed by atoms with Crippen molar-refractivity contribution in [1.29, 1.82) is 0 Å². The molecular weight excluding hydrogens is 609 g/mol. The summed E-state index contributed by atoms with van der Waals surface area (Å²) in [5.74, 6) is 1.03. The fourth-order valence-corrected chi connectivity index (χ4v) is 6.13. The summed E-state index contributed by atoms with van der Waals surface area (Å²) in [5, 5.41) is 12.3. The van der Waals surface area contributed by atoms with E-state index in [1.807, 2.05) is 87.5 Å². The molecule has 45 heavy (non-hydrogen) atoms. The molecule has 7 nitrogen and oxygen atoms in total. The number of hydrogen-bond donors (Lipinski definition) is 2. The maximum Gasteiger partial charge on any atom is 0.255 e. The number of anilines is 2. The summed E-state index contributed by atoms with van der Waals surface area (Å²) in [6, 6.07) is 27.1. The number of allylic oxidation sites excluding steroid dienone is 1. The number of ether oxygens (including phenoxy) is 1. The van der Waals surface area contributed by atoms with Crippen LogP contribution in [-0.4, -0.2) is 20.7 Å². The molecule has 0 spiro atoms. The molecule has 0 saturated heterocycles. The summed E-state index contributed by atoms with van der Waals surface area (Å²) in [6.07, 6.45) is 0. The average molecular weight is 640 g/mol. The Hall–Kier alpha value is -4.60. The summed E-state index contributed by atoms with van der Waals surface area (Å²) in [5.41, 5.74) is 6.39. The number of aromatic nitrogens is 3. The highest BCUT2D eigenvalue weighted by molar-refractivity contribution is 7.98. The normalized spacial score (nSPS) is 14.1. The molecule has 10 heteroatoms. The van der Waals surface area contributed by atoms with E-state index in [1.54, 1.807) is 22.9 Å². The Morgan fingerprint density at radius 2 is 1.78 bits per heavy atom. The van der Waals surface area contributed by atoms with E-state index < -0.39 is 6.04 Å². The van der Waals surface area contributed by atoms with E-state index in [2.05, 4.69) is 10.6 Å². The molecule has 0 fully saturated rings. The third-order valence-corrected chi connectivity index (χ3v) is 8.68. The Kier molecular flexibility index (Phi) is 8.91. The third kappa shape index (κ3) is 6.90. The smallest absolute Gasteiger partial charge is 0.255 e. The molecule has 1 aliphatic rings. The van der Waals surface area contributed by atoms with Crippen LogP contribution in [0.2, 0.25) is 5.02 Å². The van der Waals surface area contributed by atoms with E-state index in [0.29, 0.717) is 51.1 Å². The molecule has 2 N–H and O–H groups in total. The van der Waals surface area contributed by atoms with Crippen LogP contribution in [0.15, 0.2) is 107 Å². The number of thioether (sulfide) groups is 1. The Morgan fingerprint density at radius 1 is 1.02 bits per heavy atom. The fraction of sp³-hybridized carbons (Fsp3) is 0.171. The summed E-state index contributed by atoms with van der Waals surface area (Å²) >= 11 is 7.34. The molecule has 1 atom stereocenters. The number of fused-ring (bicyclic) bond motifs is 1. The van der Waals surface area contributed by atoms with Gasteiger partial charge in [0.05, 0.1) is 5.57 Å². The zero-order valence-corrected chi connectivity index (χ0v) is 26.5. The van der Waals surface area contributed by atoms with Gasteiger partial charge in [0.2, 0.25) is 11.1 Å². The number of nitrogens with one attached hydrogen (secondary N) is 2. The van der Waals surface area contributed by atoms with Crippen molar-refractivity contribution in [3.63, 3.8) is 0 Å². The zero-order valence-electron chi connectivity index (χ0n) is 25.0. The highest BCUT2D eigenvalue weighted by atomic mass is 35.5. The Balaban J connectivity index is 1.30. The van der Waals surface area contributed by atoms with Gasteiger partial charge in [-0.1, -0.05) is 83.5 Å². The number of amides is 1. The second-order valence-electron chi connectivity index (χ2n) is 10.9. The van der Waals surface area contributed by atoms with Crippen LogP contribution < -0.4 is 15.4 Å². The lowest BCUT2D eigenvalue weighted by Gasteiger charge is -2.29. The molecule has 0 bridgehead atoms. The first-order valence-corrected chi connectivity index (χ1v) is 15.8. The molecule has 1 unspecified atom stereocenters. The van der Waals surface area contributed by atoms with Crippen molar-refractivity contribution >= 4 is 40.9 Å². The Labute approximate surface area is 270 Å². The maximum atomic E-state index is 14.3. The van der Waals surface area contributed by atoms with Crippen molar-refractivity contribution < 1.29 is 13.9 Å². The lowest BCUT2D eigenvalue weighted by Crippen LogP contribution is -2.31. The molecule has 1 aliphatic heterocycles. The lowest BCUT2D eigenvalue weighted by molar-refractivity contribution is -0.113. The van der Waals surface area contributed by atoms with Crippen LogP contribution in [0.5, 0.6) is 5.75 Å². The van der Waals surface area contributed by atoms with Crippen molar-refractivity contribution in [3.05, 3.63) is 141 Å². The molecule has 4 aromatic carbocycles. The molecule has 0 radical (unpaired) electrons. The van der Waals surface area contributed by atoms with Crippen LogP contribution in [0.4, 0.5) is 16.0 Å². The lowest BCUT2D eigenvalue weighted by atomic mass is 9.94. The molecule has 2 heterocycles. The van der Waals surface area contributed by atoms with Crippen LogP contribution in [-0.2, 0) is 17.2 Å². The van der Waals surface area contributed by atoms with E-state index in [-0.39, 0.29) is 11.7 Å². The predicted octanol–water partition coefficient (Wildman–Crippen LogP) is 8.49. The number of halogens is 2. The summed E-state index contributed by atoms with van der Waals surface area (Å²) < 4.78 is 22.0. The summed E-state index contributed by atoms with van der Waals surface area (Å²) in [7, 11) is 0. The van der Waals surface area contributed by atoms with Gasteiger partial charge in [-0.25, -0.2) is 9.07 Å². The Bertz CT molecular complexity index is 1890. The number of carbonyl (C=O) groups excluding carboxylic acids is 1. The van der Waals surface area contributed by atoms with Crippen molar-refractivity contribution in [2.45, 2.75) is 44.3 Å². The monoisotopic (exact) mass is 639 g/mol. The van der Waals surface area contributed by atoms with Crippen LogP contribution in [0, 0.1) is 19.7 Å². The largest absolute Gasteiger partial charge is 0.489 e. The molecule has 1 amide bonds. The number of carbonyl (C=O) groups is 1. The first-order chi connectivity index (χ1) is 21.7. The molecular formula is C35H31ClFN5O2S. The van der Waals surface area contributed by atoms with Crippen LogP contribution in [0.25, 0.3) is 0 Å². The molecule has 228 valence electrons. The van der Waals surface area contributed by atoms with Crippen molar-refractivity contribution in [1.82, 2.24) is 14.8 Å². The van der Waals surface area contributed by atoms with Crippen LogP contribution >= 0.6 is 23.4 Å². The zero-order chi connectivity index (χ0) is 31.5. The SMILES string of the molecule is CC1=C(C(=O)Nc2ccc(C)cc2C)C(c2ccc(OCc3ccc(Cl)cc3)cc2)n2nc(SCc3ccccc3F)nc2N1. The highest BCUT2D eigenvalue weighted by Gasteiger charge is 2.34. The van der Waals surface area contributed by atoms with Crippen molar-refractivity contribution in [2.24, 2.45) is 0 Å². The minimum Gasteiger partial charge on any atom is -0.489 e. The van der Waals surface area contributed by atoms with E-state index in [4.69, 9.17) is 26.4 Å². The predicted molar refractivity (Wildman–Crippen MR) is 177 cm³/mol. The maximum absolute atomic E-state index is 14.3. The van der Waals surface area contributed by atoms with Crippen molar-refractivity contribution in [2.75, 3.05) is 10.6 Å². The quantitative estimate of drug-likeness (QED) is 0.157. The van der Waals surface area contributed by atoms with Gasteiger partial charge in [0.1, 0.15) is 24.2 Å². The number of rotatable bonds is 9. The van der Waals surface area contributed by atoms with Crippen molar-refractivity contribution in [3.8, 4) is 5.75 Å². The minimum atomic E-state index is -0.576. The fourth-order valence-electron chi connectivity index (χ4n) is 5.19. The minimum absolute atomic E-state index is 0.248. The molecule has 0 aliphatic carbocycles. The number of aryl methyl sites for hydroxylation is 2. The molecule has 6 rings (SSSR count). The van der Waals surface area contributed by atoms with Gasteiger partial charge in [-0.05, 0) is 79.4 Å². The van der Waals surface area contributed by atoms with Gasteiger partial charge in [-0.2, -0.15) is 4.98 Å². The highest BCUT2D eigenvalue weighted by Crippen LogP contribution is 2.38. The van der Waals surface area contributed by atoms with Gasteiger partial charge in [-0.15, -0.1) is 5.10 Å². The molecule has 5 aromatic rings. The van der Waals surface area contributed by atoms with E-state index >= 15 is 0 Å². The second-order valence-corrected chi connectivity index (χ2v) is 12.2. The molecule has 0 saturated carbocycles. The van der Waals surface area contributed by atoms with E-state index in [1.165, 1.54) is 17.8 Å². The van der Waals surface area contributed by atoms with E-state index in [9.17, 15) is 9.18 Å². The second kappa shape index (κ2) is 13.2. The van der Waals surface area contributed by atoms with Gasteiger partial charge in [0.25, 0.3) is 5.91 Å². The molecule has 1 aromatic heterocycles. The summed E-state index contributed by atoms with van der Waals surface area (Å²) in [4.78, 5) is 18.7. The Morgan fingerprint density at radius 3 is 2.51 bits per heavy atom. The number of benzene rings is 4. The number of nitrogens with zero attached hydrogens (tertiary/aromatic N) is 3. The van der Waals surface area contributed by atoms with Gasteiger partial charge in [-0.3, -0.25) is 4.79 Å². The van der Waals surface area contributed by atoms with E-state index in [0.717, 1.165) is 27.9 Å².